The van der Waals surface area contributed by atoms with Crippen molar-refractivity contribution in [3.05, 3.63) is 37.7 Å². The number of carbonyl (C=O) groups excluding carboxylic acids is 1. The number of thiazole rings is 1. The van der Waals surface area contributed by atoms with Crippen LogP contribution >= 0.6 is 22.7 Å². The molecule has 10 heteroatoms. The molecule has 8 nitrogen and oxygen atoms in total. The fourth-order valence-corrected chi connectivity index (χ4v) is 5.87. The van der Waals surface area contributed by atoms with Gasteiger partial charge in [-0.3, -0.25) is 9.69 Å². The van der Waals surface area contributed by atoms with Crippen LogP contribution in [0, 0.1) is 13.8 Å². The number of aromatic nitrogens is 3. The number of esters is 1. The van der Waals surface area contributed by atoms with Gasteiger partial charge in [-0.15, -0.1) is 22.7 Å². The summed E-state index contributed by atoms with van der Waals surface area (Å²) in [5, 5.41) is 3.63. The van der Waals surface area contributed by atoms with E-state index in [1.807, 2.05) is 6.92 Å². The van der Waals surface area contributed by atoms with Gasteiger partial charge in [0, 0.05) is 31.6 Å². The van der Waals surface area contributed by atoms with Crippen LogP contribution in [0.5, 0.6) is 0 Å². The van der Waals surface area contributed by atoms with Crippen molar-refractivity contribution in [3.63, 3.8) is 0 Å². The average molecular weight is 462 g/mol. The zero-order valence-electron chi connectivity index (χ0n) is 18.2. The van der Waals surface area contributed by atoms with Crippen molar-refractivity contribution >= 4 is 44.0 Å². The van der Waals surface area contributed by atoms with Gasteiger partial charge in [0.15, 0.2) is 5.13 Å². The first-order valence-corrected chi connectivity index (χ1v) is 12.2. The van der Waals surface area contributed by atoms with Crippen LogP contribution in [0.2, 0.25) is 0 Å². The summed E-state index contributed by atoms with van der Waals surface area (Å²) in [7, 11) is 0. The van der Waals surface area contributed by atoms with E-state index in [0.29, 0.717) is 33.1 Å². The molecule has 4 heterocycles. The molecule has 31 heavy (non-hydrogen) atoms. The van der Waals surface area contributed by atoms with Crippen molar-refractivity contribution in [2.75, 3.05) is 37.7 Å². The van der Waals surface area contributed by atoms with Crippen molar-refractivity contribution < 1.29 is 9.53 Å². The monoisotopic (exact) mass is 461 g/mol. The molecule has 3 aromatic heterocycles. The van der Waals surface area contributed by atoms with Gasteiger partial charge < -0.3 is 14.6 Å². The second-order valence-corrected chi connectivity index (χ2v) is 9.57. The largest absolute Gasteiger partial charge is 0.462 e. The highest BCUT2D eigenvalue weighted by molar-refractivity contribution is 7.20. The van der Waals surface area contributed by atoms with Crippen LogP contribution in [-0.4, -0.2) is 58.6 Å². The van der Waals surface area contributed by atoms with Gasteiger partial charge in [-0.2, -0.15) is 0 Å². The summed E-state index contributed by atoms with van der Waals surface area (Å²) >= 11 is 2.91. The molecular weight excluding hydrogens is 434 g/mol. The molecule has 0 bridgehead atoms. The minimum Gasteiger partial charge on any atom is -0.462 e. The number of thiophene rings is 1. The first kappa shape index (κ1) is 21.9. The Morgan fingerprint density at radius 1 is 1.26 bits per heavy atom. The van der Waals surface area contributed by atoms with E-state index in [0.717, 1.165) is 43.4 Å². The smallest absolute Gasteiger partial charge is 0.348 e. The Bertz CT molecular complexity index is 1150. The Hall–Kier alpha value is -2.30. The maximum Gasteiger partial charge on any atom is 0.348 e. The lowest BCUT2D eigenvalue weighted by Crippen LogP contribution is -2.34. The van der Waals surface area contributed by atoms with E-state index in [-0.39, 0.29) is 11.6 Å². The van der Waals surface area contributed by atoms with Crippen molar-refractivity contribution in [2.24, 2.45) is 0 Å². The lowest BCUT2D eigenvalue weighted by Gasteiger charge is -2.27. The molecule has 166 valence electrons. The number of nitrogens with one attached hydrogen (secondary N) is 1. The molecule has 0 radical (unpaired) electrons. The van der Waals surface area contributed by atoms with Crippen LogP contribution in [-0.2, 0) is 4.74 Å². The molecule has 1 unspecified atom stereocenters. The molecule has 1 aliphatic heterocycles. The van der Waals surface area contributed by atoms with E-state index in [1.165, 1.54) is 11.3 Å². The minimum absolute atomic E-state index is 0.0384. The van der Waals surface area contributed by atoms with Gasteiger partial charge >= 0.3 is 5.97 Å². The molecule has 1 N–H and O–H groups in total. The fourth-order valence-electron chi connectivity index (χ4n) is 3.93. The van der Waals surface area contributed by atoms with Crippen molar-refractivity contribution in [1.29, 1.82) is 0 Å². The van der Waals surface area contributed by atoms with Crippen LogP contribution in [0.1, 0.15) is 53.1 Å². The number of nitrogens with zero attached hydrogens (tertiary/aromatic N) is 4. The first-order valence-electron chi connectivity index (χ1n) is 10.5. The second kappa shape index (κ2) is 9.05. The van der Waals surface area contributed by atoms with E-state index < -0.39 is 5.97 Å². The number of aryl methyl sites for hydroxylation is 2. The van der Waals surface area contributed by atoms with Gasteiger partial charge in [0.1, 0.15) is 15.5 Å². The normalized spacial score (nSPS) is 16.5. The highest BCUT2D eigenvalue weighted by Crippen LogP contribution is 2.29. The second-order valence-electron chi connectivity index (χ2n) is 7.73. The number of hydrogen-bond acceptors (Lipinski definition) is 9. The third kappa shape index (κ3) is 4.37. The van der Waals surface area contributed by atoms with E-state index in [1.54, 1.807) is 25.2 Å². The first-order chi connectivity index (χ1) is 14.9. The van der Waals surface area contributed by atoms with E-state index >= 15 is 0 Å². The number of rotatable bonds is 5. The zero-order chi connectivity index (χ0) is 22.1. The molecular formula is C21H27N5O3S2. The highest BCUT2D eigenvalue weighted by atomic mass is 32.1. The summed E-state index contributed by atoms with van der Waals surface area (Å²) < 4.78 is 5.13. The molecule has 1 aliphatic rings. The van der Waals surface area contributed by atoms with Gasteiger partial charge in [0.05, 0.1) is 23.7 Å². The summed E-state index contributed by atoms with van der Waals surface area (Å²) in [6.07, 6.45) is 1.01. The van der Waals surface area contributed by atoms with Crippen molar-refractivity contribution in [2.45, 2.75) is 40.2 Å². The van der Waals surface area contributed by atoms with E-state index in [4.69, 9.17) is 9.72 Å². The lowest BCUT2D eigenvalue weighted by molar-refractivity contribution is 0.0531. The molecule has 1 fully saturated rings. The quantitative estimate of drug-likeness (QED) is 0.581. The van der Waals surface area contributed by atoms with Crippen molar-refractivity contribution in [3.8, 4) is 0 Å². The fraction of sp³-hybridized carbons (Fsp3) is 0.524. The average Bonchev–Trinajstić information content (AvgIpc) is 3.22. The molecule has 1 atom stereocenters. The van der Waals surface area contributed by atoms with Gasteiger partial charge in [-0.05, 0) is 39.7 Å². The van der Waals surface area contributed by atoms with E-state index in [9.17, 15) is 9.59 Å². The number of carbonyl (C=O) groups is 1. The molecule has 4 rings (SSSR count). The number of anilines is 1. The zero-order valence-corrected chi connectivity index (χ0v) is 19.9. The standard InChI is InChI=1S/C21H27N5O3S2/c1-5-29-20(28)16-13(3)15-18(27)23-17(24-19(15)31-16)14(4)25-7-6-8-26(10-9-25)21-22-12(2)11-30-21/h11,14H,5-10H2,1-4H3,(H,23,24,27). The molecule has 3 aromatic rings. The third-order valence-corrected chi connectivity index (χ3v) is 7.82. The van der Waals surface area contributed by atoms with E-state index in [2.05, 4.69) is 32.1 Å². The molecule has 0 aliphatic carbocycles. The molecule has 0 saturated carbocycles. The molecule has 0 spiro atoms. The van der Waals surface area contributed by atoms with Gasteiger partial charge in [0.2, 0.25) is 0 Å². The third-order valence-electron chi connectivity index (χ3n) is 5.63. The summed E-state index contributed by atoms with van der Waals surface area (Å²) in [6, 6.07) is -0.0384. The summed E-state index contributed by atoms with van der Waals surface area (Å²) in [5.41, 5.74) is 1.49. The summed E-state index contributed by atoms with van der Waals surface area (Å²) in [4.78, 5) is 43.1. The predicted molar refractivity (Wildman–Crippen MR) is 125 cm³/mol. The Morgan fingerprint density at radius 3 is 2.77 bits per heavy atom. The molecule has 0 amide bonds. The SMILES string of the molecule is CCOC(=O)c1sc2nc(C(C)N3CCCN(c4nc(C)cs4)CC3)[nH]c(=O)c2c1C. The maximum atomic E-state index is 12.8. The summed E-state index contributed by atoms with van der Waals surface area (Å²) in [6.45, 7) is 11.6. The summed E-state index contributed by atoms with van der Waals surface area (Å²) in [5.74, 6) is 0.231. The number of H-pyrrole nitrogens is 1. The molecule has 1 saturated heterocycles. The van der Waals surface area contributed by atoms with Crippen LogP contribution in [0.4, 0.5) is 5.13 Å². The number of hydrogen-bond donors (Lipinski definition) is 1. The Labute approximate surface area is 188 Å². The van der Waals surface area contributed by atoms with Crippen LogP contribution in [0.15, 0.2) is 10.2 Å². The van der Waals surface area contributed by atoms with Crippen LogP contribution < -0.4 is 10.5 Å². The number of fused-ring (bicyclic) bond motifs is 1. The Morgan fingerprint density at radius 2 is 2.06 bits per heavy atom. The van der Waals surface area contributed by atoms with Gasteiger partial charge in [-0.25, -0.2) is 14.8 Å². The Kier molecular flexibility index (Phi) is 6.40. The predicted octanol–water partition coefficient (Wildman–Crippen LogP) is 3.51. The number of ether oxygens (including phenoxy) is 1. The van der Waals surface area contributed by atoms with Crippen LogP contribution in [0.3, 0.4) is 0 Å². The Balaban J connectivity index is 1.56. The lowest BCUT2D eigenvalue weighted by atomic mass is 10.2. The maximum absolute atomic E-state index is 12.8. The van der Waals surface area contributed by atoms with Gasteiger partial charge in [0.25, 0.3) is 5.56 Å². The van der Waals surface area contributed by atoms with Gasteiger partial charge in [-0.1, -0.05) is 0 Å². The minimum atomic E-state index is -0.401. The van der Waals surface area contributed by atoms with Crippen LogP contribution in [0.25, 0.3) is 10.2 Å². The molecule has 0 aromatic carbocycles. The van der Waals surface area contributed by atoms with Crippen molar-refractivity contribution in [1.82, 2.24) is 19.9 Å². The highest BCUT2D eigenvalue weighted by Gasteiger charge is 2.25. The topological polar surface area (TPSA) is 91.4 Å². The number of aromatic amines is 1.